The van der Waals surface area contributed by atoms with Gasteiger partial charge >= 0.3 is 6.09 Å². The van der Waals surface area contributed by atoms with Crippen LogP contribution in [0.25, 0.3) is 0 Å². The van der Waals surface area contributed by atoms with E-state index in [0.29, 0.717) is 50.5 Å². The van der Waals surface area contributed by atoms with Crippen LogP contribution < -0.4 is 10.1 Å². The predicted octanol–water partition coefficient (Wildman–Crippen LogP) is 2.92. The largest absolute Gasteiger partial charge is 0.492 e. The highest BCUT2D eigenvalue weighted by molar-refractivity contribution is 7.89. The highest BCUT2D eigenvalue weighted by atomic mass is 32.2. The van der Waals surface area contributed by atoms with E-state index < -0.39 is 22.0 Å². The Labute approximate surface area is 184 Å². The molecule has 10 heteroatoms. The van der Waals surface area contributed by atoms with Crippen molar-refractivity contribution < 1.29 is 27.5 Å². The van der Waals surface area contributed by atoms with Crippen molar-refractivity contribution in [2.45, 2.75) is 45.4 Å². The molecule has 0 radical (unpaired) electrons. The summed E-state index contributed by atoms with van der Waals surface area (Å²) in [6.45, 7) is 9.23. The molecule has 0 spiro atoms. The van der Waals surface area contributed by atoms with Crippen molar-refractivity contribution in [3.63, 3.8) is 0 Å². The Morgan fingerprint density at radius 1 is 1.16 bits per heavy atom. The monoisotopic (exact) mass is 455 g/mol. The molecule has 1 saturated heterocycles. The zero-order valence-electron chi connectivity index (χ0n) is 18.7. The van der Waals surface area contributed by atoms with Crippen molar-refractivity contribution in [1.29, 1.82) is 0 Å². The number of piperidine rings is 1. The number of carbonyl (C=O) groups excluding carboxylic acids is 2. The van der Waals surface area contributed by atoms with E-state index in [1.54, 1.807) is 26.8 Å². The van der Waals surface area contributed by atoms with Gasteiger partial charge in [-0.05, 0) is 44.9 Å². The van der Waals surface area contributed by atoms with Crippen LogP contribution in [0.2, 0.25) is 0 Å². The number of sulfonamides is 1. The van der Waals surface area contributed by atoms with Crippen LogP contribution in [0, 0.1) is 5.92 Å². The Kier molecular flexibility index (Phi) is 9.12. The minimum Gasteiger partial charge on any atom is -0.492 e. The molecule has 2 rings (SSSR count). The van der Waals surface area contributed by atoms with E-state index in [-0.39, 0.29) is 24.0 Å². The molecule has 1 atom stereocenters. The second kappa shape index (κ2) is 11.3. The molecule has 1 N–H and O–H groups in total. The number of amides is 2. The molecule has 1 fully saturated rings. The first-order valence-electron chi connectivity index (χ1n) is 10.8. The lowest BCUT2D eigenvalue weighted by Gasteiger charge is -2.31. The maximum atomic E-state index is 13.0. The van der Waals surface area contributed by atoms with Gasteiger partial charge in [-0.2, -0.15) is 4.31 Å². The third kappa shape index (κ3) is 6.10. The summed E-state index contributed by atoms with van der Waals surface area (Å²) in [7, 11) is -3.69. The minimum atomic E-state index is -3.69. The van der Waals surface area contributed by atoms with Crippen LogP contribution in [0.3, 0.4) is 0 Å². The van der Waals surface area contributed by atoms with Gasteiger partial charge < -0.3 is 19.7 Å². The SMILES string of the molecule is CCOC(=O)N1CCC[C@H](C(=O)Nc2cc(S(=O)(=O)N(CC)CC)ccc2OCC)C1. The molecule has 1 aliphatic rings. The lowest BCUT2D eigenvalue weighted by molar-refractivity contribution is -0.121. The van der Waals surface area contributed by atoms with Crippen LogP contribution in [0.15, 0.2) is 23.1 Å². The van der Waals surface area contributed by atoms with E-state index in [0.717, 1.165) is 0 Å². The van der Waals surface area contributed by atoms with E-state index in [1.807, 2.05) is 6.92 Å². The summed E-state index contributed by atoms with van der Waals surface area (Å²) >= 11 is 0. The van der Waals surface area contributed by atoms with Crippen molar-refractivity contribution >= 4 is 27.7 Å². The van der Waals surface area contributed by atoms with E-state index in [4.69, 9.17) is 9.47 Å². The normalized spacial score (nSPS) is 16.8. The smallest absolute Gasteiger partial charge is 0.409 e. The Balaban J connectivity index is 2.25. The molecule has 1 aromatic rings. The van der Waals surface area contributed by atoms with Gasteiger partial charge in [0.1, 0.15) is 5.75 Å². The third-order valence-corrected chi connectivity index (χ3v) is 7.22. The fourth-order valence-corrected chi connectivity index (χ4v) is 5.05. The van der Waals surface area contributed by atoms with Gasteiger partial charge in [0.05, 0.1) is 29.7 Å². The molecule has 0 aromatic heterocycles. The Bertz CT molecular complexity index is 870. The van der Waals surface area contributed by atoms with Gasteiger partial charge in [0, 0.05) is 26.2 Å². The molecule has 1 aliphatic heterocycles. The fraction of sp³-hybridized carbons (Fsp3) is 0.619. The highest BCUT2D eigenvalue weighted by Crippen LogP contribution is 2.30. The molecule has 0 unspecified atom stereocenters. The highest BCUT2D eigenvalue weighted by Gasteiger charge is 2.30. The molecule has 174 valence electrons. The minimum absolute atomic E-state index is 0.0896. The van der Waals surface area contributed by atoms with Crippen molar-refractivity contribution in [3.8, 4) is 5.75 Å². The quantitative estimate of drug-likeness (QED) is 0.614. The number of benzene rings is 1. The third-order valence-electron chi connectivity index (χ3n) is 5.17. The summed E-state index contributed by atoms with van der Waals surface area (Å²) in [5, 5.41) is 2.82. The van der Waals surface area contributed by atoms with Crippen molar-refractivity contribution in [2.24, 2.45) is 5.92 Å². The van der Waals surface area contributed by atoms with Crippen LogP contribution in [0.5, 0.6) is 5.75 Å². The summed E-state index contributed by atoms with van der Waals surface area (Å²) in [4.78, 5) is 26.6. The Hall–Kier alpha value is -2.33. The van der Waals surface area contributed by atoms with Gasteiger partial charge in [0.15, 0.2) is 0 Å². The van der Waals surface area contributed by atoms with Crippen LogP contribution in [-0.4, -0.2) is 69.0 Å². The first kappa shape index (κ1) is 24.9. The van der Waals surface area contributed by atoms with E-state index >= 15 is 0 Å². The summed E-state index contributed by atoms with van der Waals surface area (Å²) in [5.41, 5.74) is 0.299. The fourth-order valence-electron chi connectivity index (χ4n) is 3.57. The number of carbonyl (C=O) groups is 2. The average molecular weight is 456 g/mol. The number of rotatable bonds is 9. The Morgan fingerprint density at radius 3 is 2.48 bits per heavy atom. The second-order valence-corrected chi connectivity index (χ2v) is 9.09. The van der Waals surface area contributed by atoms with Gasteiger partial charge in [-0.1, -0.05) is 13.8 Å². The van der Waals surface area contributed by atoms with Crippen molar-refractivity contribution in [3.05, 3.63) is 18.2 Å². The maximum absolute atomic E-state index is 13.0. The number of nitrogens with one attached hydrogen (secondary N) is 1. The molecular weight excluding hydrogens is 422 g/mol. The van der Waals surface area contributed by atoms with Gasteiger partial charge in [-0.3, -0.25) is 4.79 Å². The lowest BCUT2D eigenvalue weighted by Crippen LogP contribution is -2.44. The van der Waals surface area contributed by atoms with Gasteiger partial charge in [0.25, 0.3) is 0 Å². The number of hydrogen-bond acceptors (Lipinski definition) is 6. The van der Waals surface area contributed by atoms with Crippen molar-refractivity contribution in [2.75, 3.05) is 44.7 Å². The van der Waals surface area contributed by atoms with E-state index in [9.17, 15) is 18.0 Å². The lowest BCUT2D eigenvalue weighted by atomic mass is 9.97. The predicted molar refractivity (Wildman–Crippen MR) is 118 cm³/mol. The molecule has 0 bridgehead atoms. The standard InChI is InChI=1S/C21H33N3O6S/c1-5-24(6-2)31(27,28)17-11-12-19(29-7-3)18(14-17)22-20(25)16-10-9-13-23(15-16)21(26)30-8-4/h11-12,14,16H,5-10,13,15H2,1-4H3,(H,22,25)/t16-/m0/s1. The molecule has 1 heterocycles. The summed E-state index contributed by atoms with van der Waals surface area (Å²) in [6.07, 6.45) is 0.886. The van der Waals surface area contributed by atoms with E-state index in [2.05, 4.69) is 5.32 Å². The molecule has 31 heavy (non-hydrogen) atoms. The van der Waals surface area contributed by atoms with E-state index in [1.165, 1.54) is 21.3 Å². The zero-order valence-corrected chi connectivity index (χ0v) is 19.5. The molecule has 0 saturated carbocycles. The van der Waals surface area contributed by atoms with Crippen LogP contribution >= 0.6 is 0 Å². The zero-order chi connectivity index (χ0) is 23.0. The van der Waals surface area contributed by atoms with Crippen LogP contribution in [0.4, 0.5) is 10.5 Å². The molecule has 2 amide bonds. The summed E-state index contributed by atoms with van der Waals surface area (Å²) < 4.78 is 37.8. The maximum Gasteiger partial charge on any atom is 0.409 e. The number of ether oxygens (including phenoxy) is 2. The average Bonchev–Trinajstić information content (AvgIpc) is 2.76. The van der Waals surface area contributed by atoms with Gasteiger partial charge in [-0.15, -0.1) is 0 Å². The van der Waals surface area contributed by atoms with Gasteiger partial charge in [0.2, 0.25) is 15.9 Å². The van der Waals surface area contributed by atoms with Gasteiger partial charge in [-0.25, -0.2) is 13.2 Å². The number of likely N-dealkylation sites (tertiary alicyclic amines) is 1. The first-order valence-corrected chi connectivity index (χ1v) is 12.2. The summed E-state index contributed by atoms with van der Waals surface area (Å²) in [6, 6.07) is 4.47. The Morgan fingerprint density at radius 2 is 1.87 bits per heavy atom. The van der Waals surface area contributed by atoms with Crippen LogP contribution in [-0.2, 0) is 19.6 Å². The van der Waals surface area contributed by atoms with Crippen molar-refractivity contribution in [1.82, 2.24) is 9.21 Å². The second-order valence-electron chi connectivity index (χ2n) is 7.15. The number of hydrogen-bond donors (Lipinski definition) is 1. The molecular formula is C21H33N3O6S. The molecule has 0 aliphatic carbocycles. The topological polar surface area (TPSA) is 105 Å². The molecule has 1 aromatic carbocycles. The first-order chi connectivity index (χ1) is 14.8. The van der Waals surface area contributed by atoms with Crippen LogP contribution in [0.1, 0.15) is 40.5 Å². The summed E-state index contributed by atoms with van der Waals surface area (Å²) in [5.74, 6) is -0.310. The molecule has 9 nitrogen and oxygen atoms in total. The number of anilines is 1. The number of nitrogens with zero attached hydrogens (tertiary/aromatic N) is 2.